The van der Waals surface area contributed by atoms with Gasteiger partial charge in [0.15, 0.2) is 5.82 Å². The monoisotopic (exact) mass is 365 g/mol. The molecule has 5 rings (SSSR count). The molecule has 1 atom stereocenters. The summed E-state index contributed by atoms with van der Waals surface area (Å²) in [6.45, 7) is 0. The summed E-state index contributed by atoms with van der Waals surface area (Å²) in [5.41, 5.74) is 5.30. The highest BCUT2D eigenvalue weighted by Crippen LogP contribution is 2.34. The van der Waals surface area contributed by atoms with E-state index in [2.05, 4.69) is 39.6 Å². The van der Waals surface area contributed by atoms with Crippen molar-refractivity contribution < 1.29 is 0 Å². The van der Waals surface area contributed by atoms with Gasteiger partial charge in [-0.3, -0.25) is 9.97 Å². The van der Waals surface area contributed by atoms with Crippen LogP contribution in [0.1, 0.15) is 23.6 Å². The Morgan fingerprint density at radius 1 is 0.857 bits per heavy atom. The van der Waals surface area contributed by atoms with E-state index >= 15 is 0 Å². The number of rotatable bonds is 4. The molecule has 3 heterocycles. The average molecular weight is 365 g/mol. The van der Waals surface area contributed by atoms with E-state index in [1.807, 2.05) is 42.6 Å². The molecule has 0 bridgehead atoms. The predicted octanol–water partition coefficient (Wildman–Crippen LogP) is 4.70. The number of hydrogen-bond donors (Lipinski definition) is 1. The van der Waals surface area contributed by atoms with Gasteiger partial charge in [-0.15, -0.1) is 0 Å². The summed E-state index contributed by atoms with van der Waals surface area (Å²) in [7, 11) is 0. The fourth-order valence-electron chi connectivity index (χ4n) is 3.68. The maximum atomic E-state index is 4.76. The molecule has 136 valence electrons. The molecule has 5 heteroatoms. The number of benzene rings is 1. The summed E-state index contributed by atoms with van der Waals surface area (Å²) in [6.07, 6.45) is 7.49. The van der Waals surface area contributed by atoms with Crippen molar-refractivity contribution in [1.82, 2.24) is 19.9 Å². The third-order valence-electron chi connectivity index (χ3n) is 5.03. The molecule has 1 N–H and O–H groups in total. The van der Waals surface area contributed by atoms with Crippen molar-refractivity contribution in [2.75, 3.05) is 5.32 Å². The number of aromatic nitrogens is 4. The van der Waals surface area contributed by atoms with E-state index in [-0.39, 0.29) is 6.04 Å². The zero-order valence-electron chi connectivity index (χ0n) is 15.3. The van der Waals surface area contributed by atoms with E-state index < -0.39 is 0 Å². The van der Waals surface area contributed by atoms with E-state index in [4.69, 9.17) is 9.97 Å². The Bertz CT molecular complexity index is 1040. The van der Waals surface area contributed by atoms with Crippen molar-refractivity contribution in [3.63, 3.8) is 0 Å². The summed E-state index contributed by atoms with van der Waals surface area (Å²) >= 11 is 0. The molecule has 0 saturated carbocycles. The molecule has 0 saturated heterocycles. The first-order valence-corrected chi connectivity index (χ1v) is 9.42. The Balaban J connectivity index is 1.56. The Hall–Kier alpha value is -3.60. The molecule has 1 aromatic carbocycles. The Kier molecular flexibility index (Phi) is 4.26. The predicted molar refractivity (Wildman–Crippen MR) is 110 cm³/mol. The fraction of sp³-hybridized carbons (Fsp3) is 0.130. The van der Waals surface area contributed by atoms with Gasteiger partial charge >= 0.3 is 0 Å². The molecular formula is C23H19N5. The summed E-state index contributed by atoms with van der Waals surface area (Å²) in [5.74, 6) is 1.41. The number of aryl methyl sites for hydroxylation is 1. The normalized spacial score (nSPS) is 15.2. The zero-order chi connectivity index (χ0) is 18.8. The number of anilines is 1. The molecule has 1 aliphatic carbocycles. The van der Waals surface area contributed by atoms with Crippen LogP contribution < -0.4 is 5.32 Å². The van der Waals surface area contributed by atoms with Crippen LogP contribution in [0.3, 0.4) is 0 Å². The van der Waals surface area contributed by atoms with Crippen LogP contribution in [0.5, 0.6) is 0 Å². The molecule has 3 aromatic heterocycles. The lowest BCUT2D eigenvalue weighted by Gasteiger charge is -2.16. The van der Waals surface area contributed by atoms with Gasteiger partial charge in [0.05, 0.1) is 11.7 Å². The highest BCUT2D eigenvalue weighted by molar-refractivity contribution is 5.66. The van der Waals surface area contributed by atoms with Gasteiger partial charge in [-0.25, -0.2) is 9.97 Å². The molecule has 1 unspecified atom stereocenters. The summed E-state index contributed by atoms with van der Waals surface area (Å²) in [4.78, 5) is 18.2. The summed E-state index contributed by atoms with van der Waals surface area (Å²) < 4.78 is 0. The van der Waals surface area contributed by atoms with Crippen LogP contribution in [0.25, 0.3) is 22.8 Å². The van der Waals surface area contributed by atoms with Gasteiger partial charge in [-0.1, -0.05) is 30.3 Å². The van der Waals surface area contributed by atoms with Gasteiger partial charge in [-0.05, 0) is 48.2 Å². The van der Waals surface area contributed by atoms with Crippen molar-refractivity contribution in [1.29, 1.82) is 0 Å². The lowest BCUT2D eigenvalue weighted by Crippen LogP contribution is -2.10. The Morgan fingerprint density at radius 3 is 2.64 bits per heavy atom. The first kappa shape index (κ1) is 16.6. The van der Waals surface area contributed by atoms with E-state index in [1.165, 1.54) is 11.1 Å². The molecule has 0 spiro atoms. The SMILES string of the molecule is c1ccc(-c2nc(NC3CCc4ccccc43)cc(-c3cccnc3)n2)nc1. The van der Waals surface area contributed by atoms with Crippen molar-refractivity contribution >= 4 is 5.82 Å². The molecule has 4 aromatic rings. The molecule has 5 nitrogen and oxygen atoms in total. The number of nitrogens with zero attached hydrogens (tertiary/aromatic N) is 4. The van der Waals surface area contributed by atoms with Crippen molar-refractivity contribution in [2.24, 2.45) is 0 Å². The minimum Gasteiger partial charge on any atom is -0.363 e. The third kappa shape index (κ3) is 3.22. The van der Waals surface area contributed by atoms with E-state index in [1.54, 1.807) is 12.4 Å². The van der Waals surface area contributed by atoms with Crippen molar-refractivity contribution in [3.8, 4) is 22.8 Å². The van der Waals surface area contributed by atoms with Gasteiger partial charge in [0.2, 0.25) is 0 Å². The van der Waals surface area contributed by atoms with Gasteiger partial charge in [0, 0.05) is 30.2 Å². The molecule has 0 amide bonds. The zero-order valence-corrected chi connectivity index (χ0v) is 15.3. The Labute approximate surface area is 163 Å². The lowest BCUT2D eigenvalue weighted by atomic mass is 10.1. The maximum Gasteiger partial charge on any atom is 0.180 e. The molecule has 0 fully saturated rings. The van der Waals surface area contributed by atoms with Crippen LogP contribution in [0.4, 0.5) is 5.82 Å². The largest absolute Gasteiger partial charge is 0.363 e. The number of pyridine rings is 2. The summed E-state index contributed by atoms with van der Waals surface area (Å²) in [5, 5.41) is 3.62. The van der Waals surface area contributed by atoms with E-state index in [9.17, 15) is 0 Å². The quantitative estimate of drug-likeness (QED) is 0.568. The topological polar surface area (TPSA) is 63.6 Å². The second-order valence-electron chi connectivity index (χ2n) is 6.85. The lowest BCUT2D eigenvalue weighted by molar-refractivity contribution is 0.757. The van der Waals surface area contributed by atoms with Gasteiger partial charge in [-0.2, -0.15) is 0 Å². The third-order valence-corrected chi connectivity index (χ3v) is 5.03. The molecule has 28 heavy (non-hydrogen) atoms. The van der Waals surface area contributed by atoms with Crippen molar-refractivity contribution in [2.45, 2.75) is 18.9 Å². The number of nitrogens with one attached hydrogen (secondary N) is 1. The minimum absolute atomic E-state index is 0.254. The van der Waals surface area contributed by atoms with E-state index in [0.29, 0.717) is 5.82 Å². The van der Waals surface area contributed by atoms with Gasteiger partial charge in [0.25, 0.3) is 0 Å². The molecule has 0 radical (unpaired) electrons. The standard InChI is InChI=1S/C23H19N5/c1-2-8-18-16(6-1)10-11-19(18)26-22-14-21(17-7-5-12-24-15-17)27-23(28-22)20-9-3-4-13-25-20/h1-9,12-15,19H,10-11H2,(H,26,27,28). The van der Waals surface area contributed by atoms with Crippen LogP contribution in [-0.2, 0) is 6.42 Å². The second kappa shape index (κ2) is 7.19. The van der Waals surface area contributed by atoms with Crippen LogP contribution in [0.15, 0.2) is 79.3 Å². The van der Waals surface area contributed by atoms with Crippen LogP contribution in [0.2, 0.25) is 0 Å². The highest BCUT2D eigenvalue weighted by Gasteiger charge is 2.22. The van der Waals surface area contributed by atoms with Crippen LogP contribution >= 0.6 is 0 Å². The number of fused-ring (bicyclic) bond motifs is 1. The van der Waals surface area contributed by atoms with Crippen molar-refractivity contribution in [3.05, 3.63) is 90.4 Å². The number of hydrogen-bond acceptors (Lipinski definition) is 5. The molecule has 0 aliphatic heterocycles. The Morgan fingerprint density at radius 2 is 1.79 bits per heavy atom. The first-order valence-electron chi connectivity index (χ1n) is 9.42. The molecular weight excluding hydrogens is 346 g/mol. The average Bonchev–Trinajstić information content (AvgIpc) is 3.18. The minimum atomic E-state index is 0.254. The van der Waals surface area contributed by atoms with Gasteiger partial charge < -0.3 is 5.32 Å². The highest BCUT2D eigenvalue weighted by atomic mass is 15.1. The maximum absolute atomic E-state index is 4.76. The smallest absolute Gasteiger partial charge is 0.180 e. The van der Waals surface area contributed by atoms with Crippen LogP contribution in [-0.4, -0.2) is 19.9 Å². The first-order chi connectivity index (χ1) is 13.9. The fourth-order valence-corrected chi connectivity index (χ4v) is 3.68. The summed E-state index contributed by atoms with van der Waals surface area (Å²) in [6, 6.07) is 20.5. The van der Waals surface area contributed by atoms with E-state index in [0.717, 1.165) is 35.6 Å². The van der Waals surface area contributed by atoms with Gasteiger partial charge in [0.1, 0.15) is 11.5 Å². The van der Waals surface area contributed by atoms with Crippen LogP contribution in [0, 0.1) is 0 Å². The second-order valence-corrected chi connectivity index (χ2v) is 6.85. The molecule has 1 aliphatic rings.